The molecule has 0 aliphatic carbocycles. The first-order valence-electron chi connectivity index (χ1n) is 8.34. The Labute approximate surface area is 149 Å². The molecule has 132 valence electrons. The fourth-order valence-corrected chi connectivity index (χ4v) is 2.27. The number of amides is 1. The number of rotatable bonds is 7. The van der Waals surface area contributed by atoms with Crippen molar-refractivity contribution in [2.45, 2.75) is 33.4 Å². The van der Waals surface area contributed by atoms with Gasteiger partial charge in [0.15, 0.2) is 11.5 Å². The molecule has 2 aromatic carbocycles. The predicted octanol–water partition coefficient (Wildman–Crippen LogP) is 4.12. The Balaban J connectivity index is 1.95. The van der Waals surface area contributed by atoms with E-state index >= 15 is 0 Å². The van der Waals surface area contributed by atoms with Crippen LogP contribution in [-0.2, 0) is 11.3 Å². The first kappa shape index (κ1) is 18.6. The van der Waals surface area contributed by atoms with Crippen LogP contribution < -0.4 is 14.8 Å². The molecule has 0 unspecified atom stereocenters. The highest BCUT2D eigenvalue weighted by Gasteiger charge is 2.06. The van der Waals surface area contributed by atoms with Crippen LogP contribution in [-0.4, -0.2) is 19.1 Å². The lowest BCUT2D eigenvalue weighted by Crippen LogP contribution is -2.20. The highest BCUT2D eigenvalue weighted by molar-refractivity contribution is 5.91. The van der Waals surface area contributed by atoms with E-state index in [9.17, 15) is 4.79 Å². The molecule has 0 heterocycles. The lowest BCUT2D eigenvalue weighted by molar-refractivity contribution is -0.116. The number of hydrogen-bond acceptors (Lipinski definition) is 3. The predicted molar refractivity (Wildman–Crippen MR) is 101 cm³/mol. The summed E-state index contributed by atoms with van der Waals surface area (Å²) in [4.78, 5) is 12.0. The van der Waals surface area contributed by atoms with E-state index in [1.54, 1.807) is 13.2 Å². The summed E-state index contributed by atoms with van der Waals surface area (Å²) in [6.45, 7) is 6.47. The number of carbonyl (C=O) groups is 1. The van der Waals surface area contributed by atoms with Gasteiger partial charge in [0.2, 0.25) is 5.91 Å². The minimum atomic E-state index is -0.137. The summed E-state index contributed by atoms with van der Waals surface area (Å²) < 4.78 is 11.0. The van der Waals surface area contributed by atoms with E-state index in [0.29, 0.717) is 18.0 Å². The van der Waals surface area contributed by atoms with Crippen molar-refractivity contribution >= 4 is 12.0 Å². The normalized spacial score (nSPS) is 10.9. The van der Waals surface area contributed by atoms with Gasteiger partial charge in [-0.05, 0) is 50.1 Å². The third kappa shape index (κ3) is 5.99. The zero-order valence-corrected chi connectivity index (χ0v) is 15.2. The Morgan fingerprint density at radius 2 is 1.84 bits per heavy atom. The van der Waals surface area contributed by atoms with Gasteiger partial charge in [-0.3, -0.25) is 4.79 Å². The van der Waals surface area contributed by atoms with Gasteiger partial charge in [0, 0.05) is 12.6 Å². The second-order valence-electron chi connectivity index (χ2n) is 6.11. The van der Waals surface area contributed by atoms with Crippen molar-refractivity contribution in [3.63, 3.8) is 0 Å². The molecule has 0 bridgehead atoms. The maximum atomic E-state index is 12.0. The molecule has 25 heavy (non-hydrogen) atoms. The second kappa shape index (κ2) is 8.92. The molecule has 0 aliphatic rings. The van der Waals surface area contributed by atoms with E-state index in [0.717, 1.165) is 11.1 Å². The Bertz CT molecular complexity index is 733. The molecule has 4 heteroatoms. The smallest absolute Gasteiger partial charge is 0.244 e. The Morgan fingerprint density at radius 3 is 2.48 bits per heavy atom. The van der Waals surface area contributed by atoms with E-state index in [1.165, 1.54) is 11.6 Å². The molecule has 0 aromatic heterocycles. The fourth-order valence-electron chi connectivity index (χ4n) is 2.27. The summed E-state index contributed by atoms with van der Waals surface area (Å²) in [5.41, 5.74) is 3.15. The van der Waals surface area contributed by atoms with Crippen LogP contribution in [0, 0.1) is 6.92 Å². The van der Waals surface area contributed by atoms with E-state index in [4.69, 9.17) is 9.47 Å². The van der Waals surface area contributed by atoms with Gasteiger partial charge >= 0.3 is 0 Å². The minimum Gasteiger partial charge on any atom is -0.493 e. The number of methoxy groups -OCH3 is 1. The number of carbonyl (C=O) groups excluding carboxylic acids is 1. The Morgan fingerprint density at radius 1 is 1.12 bits per heavy atom. The highest BCUT2D eigenvalue weighted by atomic mass is 16.5. The average Bonchev–Trinajstić information content (AvgIpc) is 2.60. The second-order valence-corrected chi connectivity index (χ2v) is 6.11. The number of aryl methyl sites for hydroxylation is 1. The maximum Gasteiger partial charge on any atom is 0.244 e. The molecule has 4 nitrogen and oxygen atoms in total. The molecule has 0 atom stereocenters. The van der Waals surface area contributed by atoms with Gasteiger partial charge < -0.3 is 14.8 Å². The third-order valence-electron chi connectivity index (χ3n) is 3.56. The molecule has 1 N–H and O–H groups in total. The van der Waals surface area contributed by atoms with Crippen LogP contribution in [0.3, 0.4) is 0 Å². The van der Waals surface area contributed by atoms with Crippen molar-refractivity contribution < 1.29 is 14.3 Å². The monoisotopic (exact) mass is 339 g/mol. The zero-order chi connectivity index (χ0) is 18.2. The number of benzene rings is 2. The van der Waals surface area contributed by atoms with Crippen LogP contribution in [0.15, 0.2) is 48.5 Å². The first-order valence-corrected chi connectivity index (χ1v) is 8.34. The van der Waals surface area contributed by atoms with E-state index in [1.807, 2.05) is 63.2 Å². The summed E-state index contributed by atoms with van der Waals surface area (Å²) >= 11 is 0. The summed E-state index contributed by atoms with van der Waals surface area (Å²) in [6, 6.07) is 13.7. The molecular weight excluding hydrogens is 314 g/mol. The molecule has 0 aliphatic heterocycles. The Kier molecular flexibility index (Phi) is 6.63. The van der Waals surface area contributed by atoms with Gasteiger partial charge in [0.25, 0.3) is 0 Å². The van der Waals surface area contributed by atoms with Gasteiger partial charge in [-0.1, -0.05) is 35.9 Å². The van der Waals surface area contributed by atoms with Gasteiger partial charge in [-0.2, -0.15) is 0 Å². The molecule has 0 spiro atoms. The van der Waals surface area contributed by atoms with Crippen molar-refractivity contribution in [2.24, 2.45) is 0 Å². The minimum absolute atomic E-state index is 0.0721. The molecule has 0 saturated carbocycles. The lowest BCUT2D eigenvalue weighted by atomic mass is 10.1. The SMILES string of the molecule is COc1cc(/C=C/C(=O)NCc2ccc(C)cc2)ccc1OC(C)C. The Hall–Kier alpha value is -2.75. The average molecular weight is 339 g/mol. The van der Waals surface area contributed by atoms with Gasteiger partial charge in [-0.25, -0.2) is 0 Å². The van der Waals surface area contributed by atoms with Crippen LogP contribution in [0.1, 0.15) is 30.5 Å². The quantitative estimate of drug-likeness (QED) is 0.772. The van der Waals surface area contributed by atoms with Gasteiger partial charge in [-0.15, -0.1) is 0 Å². The molecule has 0 radical (unpaired) electrons. The summed E-state index contributed by atoms with van der Waals surface area (Å²) in [5.74, 6) is 1.21. The van der Waals surface area contributed by atoms with Crippen LogP contribution in [0.5, 0.6) is 11.5 Å². The molecule has 0 saturated heterocycles. The standard InChI is InChI=1S/C21H25NO3/c1-15(2)25-19-11-9-17(13-20(19)24-4)10-12-21(23)22-14-18-7-5-16(3)6-8-18/h5-13,15H,14H2,1-4H3,(H,22,23)/b12-10+. The first-order chi connectivity index (χ1) is 12.0. The van der Waals surface area contributed by atoms with E-state index in [2.05, 4.69) is 5.32 Å². The summed E-state index contributed by atoms with van der Waals surface area (Å²) in [5, 5.41) is 2.87. The number of nitrogens with one attached hydrogen (secondary N) is 1. The molecular formula is C21H25NO3. The fraction of sp³-hybridized carbons (Fsp3) is 0.286. The van der Waals surface area contributed by atoms with Crippen molar-refractivity contribution in [3.8, 4) is 11.5 Å². The van der Waals surface area contributed by atoms with Crippen molar-refractivity contribution in [3.05, 3.63) is 65.2 Å². The highest BCUT2D eigenvalue weighted by Crippen LogP contribution is 2.29. The van der Waals surface area contributed by atoms with Crippen molar-refractivity contribution in [1.82, 2.24) is 5.32 Å². The van der Waals surface area contributed by atoms with Crippen LogP contribution in [0.4, 0.5) is 0 Å². The maximum absolute atomic E-state index is 12.0. The number of ether oxygens (including phenoxy) is 2. The zero-order valence-electron chi connectivity index (χ0n) is 15.2. The largest absolute Gasteiger partial charge is 0.493 e. The van der Waals surface area contributed by atoms with Crippen LogP contribution >= 0.6 is 0 Å². The molecule has 2 rings (SSSR count). The van der Waals surface area contributed by atoms with Gasteiger partial charge in [0.05, 0.1) is 13.2 Å². The third-order valence-corrected chi connectivity index (χ3v) is 3.56. The lowest BCUT2D eigenvalue weighted by Gasteiger charge is -2.13. The van der Waals surface area contributed by atoms with Gasteiger partial charge in [0.1, 0.15) is 0 Å². The summed E-state index contributed by atoms with van der Waals surface area (Å²) in [7, 11) is 1.60. The van der Waals surface area contributed by atoms with Crippen molar-refractivity contribution in [1.29, 1.82) is 0 Å². The van der Waals surface area contributed by atoms with E-state index in [-0.39, 0.29) is 12.0 Å². The number of hydrogen-bond donors (Lipinski definition) is 1. The molecule has 0 fully saturated rings. The van der Waals surface area contributed by atoms with Crippen LogP contribution in [0.2, 0.25) is 0 Å². The topological polar surface area (TPSA) is 47.6 Å². The van der Waals surface area contributed by atoms with E-state index < -0.39 is 0 Å². The molecule has 1 amide bonds. The van der Waals surface area contributed by atoms with Crippen LogP contribution in [0.25, 0.3) is 6.08 Å². The summed E-state index contributed by atoms with van der Waals surface area (Å²) in [6.07, 6.45) is 3.35. The molecule has 2 aromatic rings. The van der Waals surface area contributed by atoms with Crippen molar-refractivity contribution in [2.75, 3.05) is 7.11 Å².